The van der Waals surface area contributed by atoms with Gasteiger partial charge in [-0.3, -0.25) is 0 Å². The van der Waals surface area contributed by atoms with Crippen molar-refractivity contribution in [3.05, 3.63) is 224 Å². The van der Waals surface area contributed by atoms with Crippen molar-refractivity contribution in [2.75, 3.05) is 0 Å². The average Bonchev–Trinajstić information content (AvgIpc) is 3.72. The highest BCUT2D eigenvalue weighted by atomic mass is 15.0. The van der Waals surface area contributed by atoms with Crippen LogP contribution in [0.2, 0.25) is 0 Å². The van der Waals surface area contributed by atoms with E-state index in [1.54, 1.807) is 0 Å². The number of fused-ring (bicyclic) bond motifs is 7. The van der Waals surface area contributed by atoms with E-state index in [2.05, 4.69) is 193 Å². The number of aromatic nitrogens is 5. The molecule has 0 N–H and O–H groups in total. The summed E-state index contributed by atoms with van der Waals surface area (Å²) in [5, 5.41) is 5.79. The first-order chi connectivity index (χ1) is 31.2. The van der Waals surface area contributed by atoms with Crippen LogP contribution in [0.25, 0.3) is 117 Å². The summed E-state index contributed by atoms with van der Waals surface area (Å²) in [4.78, 5) is 20.8. The summed E-state index contributed by atoms with van der Waals surface area (Å²) in [5.41, 5.74) is 13.5. The van der Waals surface area contributed by atoms with Crippen molar-refractivity contribution >= 4 is 43.5 Å². The Morgan fingerprint density at radius 2 is 0.810 bits per heavy atom. The summed E-state index contributed by atoms with van der Waals surface area (Å²) in [6.45, 7) is 0. The Hall–Kier alpha value is -8.54. The maximum Gasteiger partial charge on any atom is 0.164 e. The van der Waals surface area contributed by atoms with Crippen LogP contribution in [0.15, 0.2) is 224 Å². The molecule has 0 aliphatic heterocycles. The molecular formula is C58H37N5. The fraction of sp³-hybridized carbons (Fsp3) is 0. The van der Waals surface area contributed by atoms with Gasteiger partial charge in [-0.2, -0.15) is 0 Å². The van der Waals surface area contributed by atoms with Crippen LogP contribution >= 0.6 is 0 Å². The van der Waals surface area contributed by atoms with Gasteiger partial charge >= 0.3 is 0 Å². The first kappa shape index (κ1) is 36.3. The molecule has 63 heavy (non-hydrogen) atoms. The second-order valence-electron chi connectivity index (χ2n) is 15.8. The fourth-order valence-corrected chi connectivity index (χ4v) is 9.13. The molecule has 12 rings (SSSR count). The number of rotatable bonds is 7. The smallest absolute Gasteiger partial charge is 0.164 e. The van der Waals surface area contributed by atoms with E-state index < -0.39 is 0 Å². The van der Waals surface area contributed by atoms with Crippen LogP contribution in [-0.4, -0.2) is 24.5 Å². The second kappa shape index (κ2) is 15.2. The van der Waals surface area contributed by atoms with Crippen LogP contribution in [0.5, 0.6) is 0 Å². The summed E-state index contributed by atoms with van der Waals surface area (Å²) in [6, 6.07) is 78.6. The van der Waals surface area contributed by atoms with E-state index in [1.807, 2.05) is 36.4 Å². The number of para-hydroxylation sites is 3. The van der Waals surface area contributed by atoms with Gasteiger partial charge in [0.05, 0.1) is 22.2 Å². The van der Waals surface area contributed by atoms with Gasteiger partial charge in [-0.25, -0.2) is 19.9 Å². The predicted octanol–water partition coefficient (Wildman–Crippen LogP) is 14.7. The number of nitrogens with zero attached hydrogens (tertiary/aromatic N) is 5. The number of benzene rings is 9. The molecule has 0 radical (unpaired) electrons. The topological polar surface area (TPSA) is 56.5 Å². The molecular weight excluding hydrogens is 767 g/mol. The van der Waals surface area contributed by atoms with Crippen molar-refractivity contribution in [1.82, 2.24) is 24.5 Å². The van der Waals surface area contributed by atoms with E-state index in [4.69, 9.17) is 19.9 Å². The molecule has 0 saturated carbocycles. The third-order valence-electron chi connectivity index (χ3n) is 12.0. The maximum absolute atomic E-state index is 5.39. The Morgan fingerprint density at radius 3 is 1.51 bits per heavy atom. The van der Waals surface area contributed by atoms with Gasteiger partial charge in [-0.05, 0) is 58.5 Å². The molecule has 0 aliphatic carbocycles. The number of hydrogen-bond acceptors (Lipinski definition) is 4. The molecule has 9 aromatic carbocycles. The zero-order valence-electron chi connectivity index (χ0n) is 34.1. The Morgan fingerprint density at radius 1 is 0.302 bits per heavy atom. The van der Waals surface area contributed by atoms with Crippen molar-refractivity contribution in [3.8, 4) is 73.4 Å². The lowest BCUT2D eigenvalue weighted by Crippen LogP contribution is -2.00. The molecule has 5 heteroatoms. The molecule has 0 saturated heterocycles. The van der Waals surface area contributed by atoms with E-state index in [9.17, 15) is 0 Å². The number of hydrogen-bond donors (Lipinski definition) is 0. The molecule has 0 aliphatic rings. The van der Waals surface area contributed by atoms with Crippen LogP contribution in [0.1, 0.15) is 0 Å². The summed E-state index contributed by atoms with van der Waals surface area (Å²) >= 11 is 0. The molecule has 0 fully saturated rings. The Labute approximate surface area is 364 Å². The summed E-state index contributed by atoms with van der Waals surface area (Å²) in [6.07, 6.45) is 0. The first-order valence-electron chi connectivity index (χ1n) is 21.2. The van der Waals surface area contributed by atoms with E-state index in [0.29, 0.717) is 17.5 Å². The minimum Gasteiger partial charge on any atom is -0.309 e. The third kappa shape index (κ3) is 6.34. The summed E-state index contributed by atoms with van der Waals surface area (Å²) < 4.78 is 2.42. The van der Waals surface area contributed by atoms with Gasteiger partial charge in [0.1, 0.15) is 0 Å². The standard InChI is InChI=1S/C58H37N5/c1-5-18-38(19-6-1)41-24-15-26-43(36-41)57-60-56(40-22-9-3-10-23-40)61-58(62-57)44-27-16-25-42(37-44)46-31-17-32-49-52-51(63(55(46)49)45-28-11-4-12-29-45)35-34-48-47-30-13-14-33-50(47)59-54(53(48)52)39-20-7-2-8-21-39/h1-37H. The molecule has 0 spiro atoms. The SMILES string of the molecule is c1ccc(-c2cccc(-c3nc(-c4ccccc4)nc(-c4cccc(-c5cccc6c7c8c(-c9ccccc9)nc9ccccc9c8ccc7n(-c7ccccc7)c56)c4)n3)c2)cc1. The van der Waals surface area contributed by atoms with Crippen molar-refractivity contribution < 1.29 is 0 Å². The zero-order valence-corrected chi connectivity index (χ0v) is 34.1. The molecule has 0 amide bonds. The van der Waals surface area contributed by atoms with Gasteiger partial charge in [0.25, 0.3) is 0 Å². The highest BCUT2D eigenvalue weighted by molar-refractivity contribution is 6.29. The minimum absolute atomic E-state index is 0.609. The van der Waals surface area contributed by atoms with Crippen LogP contribution in [-0.2, 0) is 0 Å². The Balaban J connectivity index is 1.10. The molecule has 0 bridgehead atoms. The van der Waals surface area contributed by atoms with Gasteiger partial charge < -0.3 is 4.57 Å². The normalized spacial score (nSPS) is 11.5. The summed E-state index contributed by atoms with van der Waals surface area (Å²) in [5.74, 6) is 1.85. The molecule has 12 aromatic rings. The van der Waals surface area contributed by atoms with Gasteiger partial charge in [-0.15, -0.1) is 0 Å². The maximum atomic E-state index is 5.39. The zero-order chi connectivity index (χ0) is 41.7. The molecule has 5 nitrogen and oxygen atoms in total. The average molecular weight is 804 g/mol. The first-order valence-corrected chi connectivity index (χ1v) is 21.2. The van der Waals surface area contributed by atoms with E-state index >= 15 is 0 Å². The van der Waals surface area contributed by atoms with Crippen LogP contribution in [0.4, 0.5) is 0 Å². The molecule has 294 valence electrons. The van der Waals surface area contributed by atoms with Crippen molar-refractivity contribution in [2.24, 2.45) is 0 Å². The summed E-state index contributed by atoms with van der Waals surface area (Å²) in [7, 11) is 0. The van der Waals surface area contributed by atoms with Gasteiger partial charge in [-0.1, -0.05) is 188 Å². The lowest BCUT2D eigenvalue weighted by molar-refractivity contribution is 1.07. The molecule has 3 heterocycles. The van der Waals surface area contributed by atoms with E-state index in [-0.39, 0.29) is 0 Å². The molecule has 0 unspecified atom stereocenters. The van der Waals surface area contributed by atoms with E-state index in [0.717, 1.165) is 88.6 Å². The lowest BCUT2D eigenvalue weighted by atomic mass is 9.95. The van der Waals surface area contributed by atoms with Crippen molar-refractivity contribution in [3.63, 3.8) is 0 Å². The molecule has 3 aromatic heterocycles. The minimum atomic E-state index is 0.609. The van der Waals surface area contributed by atoms with Crippen molar-refractivity contribution in [2.45, 2.75) is 0 Å². The fourth-order valence-electron chi connectivity index (χ4n) is 9.13. The van der Waals surface area contributed by atoms with E-state index in [1.165, 1.54) is 10.8 Å². The second-order valence-corrected chi connectivity index (χ2v) is 15.8. The van der Waals surface area contributed by atoms with Gasteiger partial charge in [0.2, 0.25) is 0 Å². The lowest BCUT2D eigenvalue weighted by Gasteiger charge is -2.13. The highest BCUT2D eigenvalue weighted by Gasteiger charge is 2.22. The van der Waals surface area contributed by atoms with Crippen LogP contribution in [0, 0.1) is 0 Å². The number of pyridine rings is 1. The molecule has 0 atom stereocenters. The Bertz CT molecular complexity index is 3660. The van der Waals surface area contributed by atoms with Gasteiger partial charge in [0.15, 0.2) is 17.5 Å². The Kier molecular flexibility index (Phi) is 8.75. The third-order valence-corrected chi connectivity index (χ3v) is 12.0. The quantitative estimate of drug-likeness (QED) is 0.151. The monoisotopic (exact) mass is 803 g/mol. The van der Waals surface area contributed by atoms with Gasteiger partial charge in [0, 0.05) is 55.0 Å². The largest absolute Gasteiger partial charge is 0.309 e. The van der Waals surface area contributed by atoms with Crippen LogP contribution in [0.3, 0.4) is 0 Å². The van der Waals surface area contributed by atoms with Crippen molar-refractivity contribution in [1.29, 1.82) is 0 Å². The van der Waals surface area contributed by atoms with Crippen LogP contribution < -0.4 is 0 Å². The predicted molar refractivity (Wildman–Crippen MR) is 260 cm³/mol. The highest BCUT2D eigenvalue weighted by Crippen LogP contribution is 2.45.